The van der Waals surface area contributed by atoms with Gasteiger partial charge in [-0.05, 0) is 19.8 Å². The molecule has 47 valence electrons. The minimum absolute atomic E-state index is 0.315. The molecule has 0 spiro atoms. The molecule has 0 aromatic carbocycles. The lowest BCUT2D eigenvalue weighted by Crippen LogP contribution is -2.18. The van der Waals surface area contributed by atoms with Crippen LogP contribution >= 0.6 is 0 Å². The molecule has 2 N–H and O–H groups in total. The van der Waals surface area contributed by atoms with Gasteiger partial charge in [-0.15, -0.1) is 0 Å². The van der Waals surface area contributed by atoms with Gasteiger partial charge in [0.05, 0.1) is 12.2 Å². The van der Waals surface area contributed by atoms with Gasteiger partial charge in [-0.2, -0.15) is 0 Å². The maximum absolute atomic E-state index is 5.36. The second kappa shape index (κ2) is 2.46. The van der Waals surface area contributed by atoms with E-state index >= 15 is 0 Å². The van der Waals surface area contributed by atoms with Crippen LogP contribution in [0.4, 0.5) is 0 Å². The average molecular weight is 114 g/mol. The number of hydrogen-bond donors (Lipinski definition) is 1. The first-order chi connectivity index (χ1) is 3.83. The highest BCUT2D eigenvalue weighted by Gasteiger charge is 2.20. The normalized spacial score (nSPS) is 31.5. The molecule has 0 saturated carbocycles. The number of ether oxygens (including phenoxy) is 1. The summed E-state index contributed by atoms with van der Waals surface area (Å²) in [6.45, 7) is 2.67. The third-order valence-electron chi connectivity index (χ3n) is 1.45. The quantitative estimate of drug-likeness (QED) is 0.544. The summed E-state index contributed by atoms with van der Waals surface area (Å²) in [5, 5.41) is 0. The first-order valence-electron chi connectivity index (χ1n) is 3.02. The topological polar surface area (TPSA) is 35.2 Å². The van der Waals surface area contributed by atoms with Crippen LogP contribution in [0, 0.1) is 6.10 Å². The van der Waals surface area contributed by atoms with E-state index in [0.29, 0.717) is 12.6 Å². The molecular formula is C6H12NO. The van der Waals surface area contributed by atoms with Gasteiger partial charge < -0.3 is 10.5 Å². The second-order valence-corrected chi connectivity index (χ2v) is 2.22. The highest BCUT2D eigenvalue weighted by molar-refractivity contribution is 4.83. The van der Waals surface area contributed by atoms with E-state index in [9.17, 15) is 0 Å². The molecule has 0 bridgehead atoms. The Morgan fingerprint density at radius 1 is 1.88 bits per heavy atom. The Morgan fingerprint density at radius 2 is 2.62 bits per heavy atom. The van der Waals surface area contributed by atoms with Crippen LogP contribution in [-0.2, 0) is 4.74 Å². The predicted molar refractivity (Wildman–Crippen MR) is 32.1 cm³/mol. The standard InChI is InChI=1S/C6H12NO/c1-5-2-3-6(4-7)8-5/h6H,2-4,7H2,1H3. The summed E-state index contributed by atoms with van der Waals surface area (Å²) in [4.78, 5) is 0. The Bertz CT molecular complexity index is 74.9. The summed E-state index contributed by atoms with van der Waals surface area (Å²) in [7, 11) is 0. The van der Waals surface area contributed by atoms with Crippen LogP contribution in [0.1, 0.15) is 19.8 Å². The van der Waals surface area contributed by atoms with Gasteiger partial charge in [-0.3, -0.25) is 0 Å². The Labute approximate surface area is 50.0 Å². The van der Waals surface area contributed by atoms with Crippen molar-refractivity contribution in [1.82, 2.24) is 0 Å². The van der Waals surface area contributed by atoms with Crippen LogP contribution in [0.5, 0.6) is 0 Å². The van der Waals surface area contributed by atoms with Gasteiger partial charge in [0, 0.05) is 6.54 Å². The number of rotatable bonds is 1. The summed E-state index contributed by atoms with van der Waals surface area (Å²) >= 11 is 0. The summed E-state index contributed by atoms with van der Waals surface area (Å²) in [6.07, 6.45) is 3.67. The lowest BCUT2D eigenvalue weighted by molar-refractivity contribution is 0.125. The summed E-state index contributed by atoms with van der Waals surface area (Å²) in [5.41, 5.74) is 5.36. The fourth-order valence-corrected chi connectivity index (χ4v) is 0.933. The maximum atomic E-state index is 5.36. The lowest BCUT2D eigenvalue weighted by Gasteiger charge is -2.04. The van der Waals surface area contributed by atoms with Gasteiger partial charge in [0.1, 0.15) is 0 Å². The lowest BCUT2D eigenvalue weighted by atomic mass is 10.2. The molecule has 2 nitrogen and oxygen atoms in total. The molecule has 1 fully saturated rings. The van der Waals surface area contributed by atoms with Crippen LogP contribution < -0.4 is 5.73 Å². The van der Waals surface area contributed by atoms with Crippen molar-refractivity contribution in [2.75, 3.05) is 6.54 Å². The Balaban J connectivity index is 2.22. The van der Waals surface area contributed by atoms with Crippen molar-refractivity contribution in [1.29, 1.82) is 0 Å². The first kappa shape index (κ1) is 6.05. The summed E-state index contributed by atoms with van der Waals surface area (Å²) in [5.74, 6) is 0. The van der Waals surface area contributed by atoms with Crippen LogP contribution in [0.25, 0.3) is 0 Å². The SMILES string of the molecule is C[C]1CCC(CN)O1. The van der Waals surface area contributed by atoms with E-state index in [1.807, 2.05) is 6.92 Å². The van der Waals surface area contributed by atoms with E-state index in [-0.39, 0.29) is 0 Å². The van der Waals surface area contributed by atoms with Crippen molar-refractivity contribution in [3.8, 4) is 0 Å². The van der Waals surface area contributed by atoms with Crippen molar-refractivity contribution in [2.45, 2.75) is 25.9 Å². The van der Waals surface area contributed by atoms with Gasteiger partial charge >= 0.3 is 0 Å². The van der Waals surface area contributed by atoms with Crippen molar-refractivity contribution in [2.24, 2.45) is 5.73 Å². The molecule has 1 saturated heterocycles. The highest BCUT2D eigenvalue weighted by atomic mass is 16.5. The Kier molecular flexibility index (Phi) is 1.86. The van der Waals surface area contributed by atoms with Crippen molar-refractivity contribution < 1.29 is 4.74 Å². The minimum Gasteiger partial charge on any atom is -0.368 e. The predicted octanol–water partition coefficient (Wildman–Crippen LogP) is 0.676. The Morgan fingerprint density at radius 3 is 2.88 bits per heavy atom. The summed E-state index contributed by atoms with van der Waals surface area (Å²) in [6, 6.07) is 0. The van der Waals surface area contributed by atoms with E-state index in [0.717, 1.165) is 18.9 Å². The second-order valence-electron chi connectivity index (χ2n) is 2.22. The van der Waals surface area contributed by atoms with Gasteiger partial charge in [0.2, 0.25) is 0 Å². The molecule has 0 aromatic rings. The highest BCUT2D eigenvalue weighted by Crippen LogP contribution is 2.23. The molecule has 0 amide bonds. The zero-order chi connectivity index (χ0) is 5.98. The molecule has 0 aromatic heterocycles. The zero-order valence-electron chi connectivity index (χ0n) is 5.18. The molecule has 2 heteroatoms. The smallest absolute Gasteiger partial charge is 0.0945 e. The Hall–Kier alpha value is -0.0800. The third kappa shape index (κ3) is 1.20. The van der Waals surface area contributed by atoms with Crippen LogP contribution in [0.2, 0.25) is 0 Å². The molecule has 1 heterocycles. The molecule has 1 rings (SSSR count). The van der Waals surface area contributed by atoms with E-state index in [2.05, 4.69) is 0 Å². The molecule has 8 heavy (non-hydrogen) atoms. The fraction of sp³-hybridized carbons (Fsp3) is 0.833. The van der Waals surface area contributed by atoms with Gasteiger partial charge in [-0.25, -0.2) is 0 Å². The monoisotopic (exact) mass is 114 g/mol. The molecule has 1 atom stereocenters. The molecule has 1 aliphatic heterocycles. The van der Waals surface area contributed by atoms with Crippen molar-refractivity contribution in [3.05, 3.63) is 6.10 Å². The fourth-order valence-electron chi connectivity index (χ4n) is 0.933. The van der Waals surface area contributed by atoms with Gasteiger partial charge in [0.15, 0.2) is 0 Å². The molecule has 1 aliphatic rings. The minimum atomic E-state index is 0.315. The largest absolute Gasteiger partial charge is 0.368 e. The van der Waals surface area contributed by atoms with Crippen LogP contribution in [0.3, 0.4) is 0 Å². The molecule has 0 aliphatic carbocycles. The van der Waals surface area contributed by atoms with Gasteiger partial charge in [0.25, 0.3) is 0 Å². The van der Waals surface area contributed by atoms with E-state index in [4.69, 9.17) is 10.5 Å². The summed E-state index contributed by atoms with van der Waals surface area (Å²) < 4.78 is 5.30. The zero-order valence-corrected chi connectivity index (χ0v) is 5.18. The molecule has 1 unspecified atom stereocenters. The number of hydrogen-bond acceptors (Lipinski definition) is 2. The van der Waals surface area contributed by atoms with E-state index in [1.54, 1.807) is 0 Å². The maximum Gasteiger partial charge on any atom is 0.0945 e. The first-order valence-corrected chi connectivity index (χ1v) is 3.02. The van der Waals surface area contributed by atoms with E-state index < -0.39 is 0 Å². The van der Waals surface area contributed by atoms with Crippen LogP contribution in [0.15, 0.2) is 0 Å². The molecular weight excluding hydrogens is 102 g/mol. The number of nitrogens with two attached hydrogens (primary N) is 1. The van der Waals surface area contributed by atoms with Gasteiger partial charge in [-0.1, -0.05) is 0 Å². The van der Waals surface area contributed by atoms with Crippen LogP contribution in [-0.4, -0.2) is 12.6 Å². The molecule has 1 radical (unpaired) electrons. The van der Waals surface area contributed by atoms with Crippen molar-refractivity contribution in [3.63, 3.8) is 0 Å². The van der Waals surface area contributed by atoms with Crippen molar-refractivity contribution >= 4 is 0 Å². The van der Waals surface area contributed by atoms with E-state index in [1.165, 1.54) is 0 Å². The average Bonchev–Trinajstić information content (AvgIpc) is 2.14. The third-order valence-corrected chi connectivity index (χ3v) is 1.45.